The van der Waals surface area contributed by atoms with Gasteiger partial charge in [0.25, 0.3) is 0 Å². The van der Waals surface area contributed by atoms with Gasteiger partial charge in [-0.1, -0.05) is 20.3 Å². The molecule has 98 valence electrons. The van der Waals surface area contributed by atoms with Gasteiger partial charge in [0.2, 0.25) is 0 Å². The van der Waals surface area contributed by atoms with E-state index >= 15 is 0 Å². The number of urea groups is 1. The van der Waals surface area contributed by atoms with Gasteiger partial charge < -0.3 is 15.3 Å². The molecule has 1 aliphatic heterocycles. The summed E-state index contributed by atoms with van der Waals surface area (Å²) in [6, 6.07) is -0.829. The van der Waals surface area contributed by atoms with Crippen LogP contribution in [0.25, 0.3) is 0 Å². The van der Waals surface area contributed by atoms with E-state index in [9.17, 15) is 9.59 Å². The molecule has 1 fully saturated rings. The van der Waals surface area contributed by atoms with Gasteiger partial charge in [0.05, 0.1) is 0 Å². The van der Waals surface area contributed by atoms with Crippen LogP contribution in [0.5, 0.6) is 0 Å². The monoisotopic (exact) mass is 242 g/mol. The largest absolute Gasteiger partial charge is 0.480 e. The van der Waals surface area contributed by atoms with E-state index in [2.05, 4.69) is 5.32 Å². The predicted octanol–water partition coefficient (Wildman–Crippen LogP) is 1.68. The summed E-state index contributed by atoms with van der Waals surface area (Å²) in [4.78, 5) is 24.8. The number of rotatable bonds is 4. The summed E-state index contributed by atoms with van der Waals surface area (Å²) in [5.74, 6) is -1.02. The van der Waals surface area contributed by atoms with Crippen molar-refractivity contribution in [1.82, 2.24) is 10.2 Å². The van der Waals surface area contributed by atoms with Gasteiger partial charge in [0.15, 0.2) is 0 Å². The van der Waals surface area contributed by atoms with Crippen LogP contribution in [-0.2, 0) is 4.79 Å². The second-order valence-corrected chi connectivity index (χ2v) is 4.84. The summed E-state index contributed by atoms with van der Waals surface area (Å²) in [5.41, 5.74) is 0. The Morgan fingerprint density at radius 1 is 1.53 bits per heavy atom. The highest BCUT2D eigenvalue weighted by Crippen LogP contribution is 2.17. The molecular formula is C12H22N2O3. The Kier molecular flexibility index (Phi) is 4.78. The third kappa shape index (κ3) is 3.35. The Balaban J connectivity index is 2.61. The van der Waals surface area contributed by atoms with Crippen LogP contribution in [0.1, 0.15) is 40.0 Å². The van der Waals surface area contributed by atoms with Gasteiger partial charge in [-0.2, -0.15) is 0 Å². The van der Waals surface area contributed by atoms with E-state index < -0.39 is 12.0 Å². The molecule has 0 saturated carbocycles. The van der Waals surface area contributed by atoms with Gasteiger partial charge >= 0.3 is 12.0 Å². The molecule has 0 aromatic heterocycles. The fourth-order valence-corrected chi connectivity index (χ4v) is 2.13. The Bertz CT molecular complexity index is 293. The topological polar surface area (TPSA) is 69.6 Å². The van der Waals surface area contributed by atoms with Gasteiger partial charge in [0, 0.05) is 12.6 Å². The number of likely N-dealkylation sites (tertiary alicyclic amines) is 1. The lowest BCUT2D eigenvalue weighted by Crippen LogP contribution is -2.51. The molecule has 0 aliphatic carbocycles. The molecule has 5 nitrogen and oxygen atoms in total. The fraction of sp³-hybridized carbons (Fsp3) is 0.833. The van der Waals surface area contributed by atoms with E-state index in [1.54, 1.807) is 4.90 Å². The zero-order valence-electron chi connectivity index (χ0n) is 10.8. The van der Waals surface area contributed by atoms with E-state index in [-0.39, 0.29) is 18.0 Å². The summed E-state index contributed by atoms with van der Waals surface area (Å²) in [6.45, 7) is 6.48. The normalized spacial score (nSPS) is 23.2. The molecule has 17 heavy (non-hydrogen) atoms. The maximum atomic E-state index is 11.9. The SMILES string of the molecule is CCC(C)[C@H](NC(=O)N1CCCC1C)C(=O)O. The van der Waals surface area contributed by atoms with Gasteiger partial charge in [-0.3, -0.25) is 0 Å². The number of nitrogens with one attached hydrogen (secondary N) is 1. The number of carbonyl (C=O) groups excluding carboxylic acids is 1. The van der Waals surface area contributed by atoms with Crippen molar-refractivity contribution in [2.24, 2.45) is 5.92 Å². The number of nitrogens with zero attached hydrogens (tertiary/aromatic N) is 1. The molecule has 2 amide bonds. The summed E-state index contributed by atoms with van der Waals surface area (Å²) < 4.78 is 0. The zero-order chi connectivity index (χ0) is 13.0. The summed E-state index contributed by atoms with van der Waals surface area (Å²) >= 11 is 0. The Labute approximate surface area is 102 Å². The molecule has 1 rings (SSSR count). The lowest BCUT2D eigenvalue weighted by Gasteiger charge is -2.26. The molecule has 1 aliphatic rings. The quantitative estimate of drug-likeness (QED) is 0.788. The van der Waals surface area contributed by atoms with Crippen molar-refractivity contribution >= 4 is 12.0 Å². The summed E-state index contributed by atoms with van der Waals surface area (Å²) in [5, 5.41) is 11.7. The number of carbonyl (C=O) groups is 2. The fourth-order valence-electron chi connectivity index (χ4n) is 2.13. The van der Waals surface area contributed by atoms with E-state index in [0.717, 1.165) is 25.8 Å². The third-order valence-electron chi connectivity index (χ3n) is 3.57. The Morgan fingerprint density at radius 2 is 2.18 bits per heavy atom. The number of carboxylic acids is 1. The maximum absolute atomic E-state index is 11.9. The summed E-state index contributed by atoms with van der Waals surface area (Å²) in [7, 11) is 0. The van der Waals surface area contributed by atoms with Crippen LogP contribution in [0, 0.1) is 5.92 Å². The van der Waals surface area contributed by atoms with E-state index in [1.165, 1.54) is 0 Å². The first-order chi connectivity index (χ1) is 7.97. The maximum Gasteiger partial charge on any atom is 0.326 e. The van der Waals surface area contributed by atoms with Crippen molar-refractivity contribution in [3.8, 4) is 0 Å². The third-order valence-corrected chi connectivity index (χ3v) is 3.57. The minimum Gasteiger partial charge on any atom is -0.480 e. The minimum atomic E-state index is -0.959. The highest BCUT2D eigenvalue weighted by molar-refractivity contribution is 5.83. The first-order valence-corrected chi connectivity index (χ1v) is 6.27. The van der Waals surface area contributed by atoms with Gasteiger partial charge in [-0.05, 0) is 25.7 Å². The highest BCUT2D eigenvalue weighted by Gasteiger charge is 2.30. The van der Waals surface area contributed by atoms with Gasteiger partial charge in [-0.15, -0.1) is 0 Å². The molecule has 0 bridgehead atoms. The van der Waals surface area contributed by atoms with Crippen molar-refractivity contribution in [2.45, 2.75) is 52.1 Å². The van der Waals surface area contributed by atoms with Crippen LogP contribution in [-0.4, -0.2) is 40.6 Å². The Morgan fingerprint density at radius 3 is 2.59 bits per heavy atom. The number of carboxylic acid groups (broad SMARTS) is 1. The molecule has 0 aromatic rings. The Hall–Kier alpha value is -1.26. The molecule has 2 N–H and O–H groups in total. The van der Waals surface area contributed by atoms with Crippen molar-refractivity contribution in [1.29, 1.82) is 0 Å². The molecule has 0 aromatic carbocycles. The van der Waals surface area contributed by atoms with Crippen LogP contribution in [0.15, 0.2) is 0 Å². The molecule has 0 radical (unpaired) electrons. The predicted molar refractivity (Wildman–Crippen MR) is 64.8 cm³/mol. The van der Waals surface area contributed by atoms with E-state index in [4.69, 9.17) is 5.11 Å². The lowest BCUT2D eigenvalue weighted by molar-refractivity contribution is -0.140. The number of hydrogen-bond acceptors (Lipinski definition) is 2. The lowest BCUT2D eigenvalue weighted by atomic mass is 9.99. The molecule has 1 heterocycles. The first-order valence-electron chi connectivity index (χ1n) is 6.27. The summed E-state index contributed by atoms with van der Waals surface area (Å²) in [6.07, 6.45) is 2.72. The van der Waals surface area contributed by atoms with Crippen molar-refractivity contribution < 1.29 is 14.7 Å². The number of hydrogen-bond donors (Lipinski definition) is 2. The molecule has 3 atom stereocenters. The second kappa shape index (κ2) is 5.89. The van der Waals surface area contributed by atoms with Gasteiger partial charge in [-0.25, -0.2) is 9.59 Å². The number of amides is 2. The van der Waals surface area contributed by atoms with Crippen molar-refractivity contribution in [2.75, 3.05) is 6.54 Å². The second-order valence-electron chi connectivity index (χ2n) is 4.84. The molecule has 2 unspecified atom stereocenters. The zero-order valence-corrected chi connectivity index (χ0v) is 10.8. The van der Waals surface area contributed by atoms with Crippen LogP contribution in [0.3, 0.4) is 0 Å². The number of aliphatic carboxylic acids is 1. The van der Waals surface area contributed by atoms with Crippen molar-refractivity contribution in [3.63, 3.8) is 0 Å². The van der Waals surface area contributed by atoms with Crippen molar-refractivity contribution in [3.05, 3.63) is 0 Å². The molecular weight excluding hydrogens is 220 g/mol. The molecule has 0 spiro atoms. The van der Waals surface area contributed by atoms with Crippen LogP contribution >= 0.6 is 0 Å². The average molecular weight is 242 g/mol. The van der Waals surface area contributed by atoms with Crippen LogP contribution < -0.4 is 5.32 Å². The average Bonchev–Trinajstić information content (AvgIpc) is 2.70. The standard InChI is InChI=1S/C12H22N2O3/c1-4-8(2)10(11(15)16)13-12(17)14-7-5-6-9(14)3/h8-10H,4-7H2,1-3H3,(H,13,17)(H,15,16)/t8?,9?,10-/m0/s1. The van der Waals surface area contributed by atoms with E-state index in [1.807, 2.05) is 20.8 Å². The first kappa shape index (κ1) is 13.8. The van der Waals surface area contributed by atoms with Crippen LogP contribution in [0.2, 0.25) is 0 Å². The molecule has 5 heteroatoms. The van der Waals surface area contributed by atoms with Gasteiger partial charge in [0.1, 0.15) is 6.04 Å². The van der Waals surface area contributed by atoms with Crippen LogP contribution in [0.4, 0.5) is 4.79 Å². The molecule has 1 saturated heterocycles. The minimum absolute atomic E-state index is 0.0608. The highest BCUT2D eigenvalue weighted by atomic mass is 16.4. The van der Waals surface area contributed by atoms with E-state index in [0.29, 0.717) is 0 Å². The smallest absolute Gasteiger partial charge is 0.326 e.